The second-order valence-corrected chi connectivity index (χ2v) is 6.73. The monoisotopic (exact) mass is 351 g/mol. The van der Waals surface area contributed by atoms with Gasteiger partial charge >= 0.3 is 7.60 Å². The topological polar surface area (TPSA) is 78.7 Å². The quantitative estimate of drug-likeness (QED) is 0.232. The standard InChI is InChI=1S/C11H15BrNO5P/c1-2-19(16,17-9-3-8-12)18-11-6-4-10(5-7-11)13(14)15/h4-7H,2-3,8-9H2,1H3. The van der Waals surface area contributed by atoms with Gasteiger partial charge in [-0.05, 0) is 18.6 Å². The molecule has 1 rings (SSSR count). The van der Waals surface area contributed by atoms with Crippen molar-refractivity contribution in [2.75, 3.05) is 18.1 Å². The Hall–Kier alpha value is -0.910. The summed E-state index contributed by atoms with van der Waals surface area (Å²) in [6.45, 7) is 2.05. The predicted molar refractivity (Wildman–Crippen MR) is 76.2 cm³/mol. The molecule has 0 aliphatic carbocycles. The first kappa shape index (κ1) is 16.1. The Kier molecular flexibility index (Phi) is 6.48. The van der Waals surface area contributed by atoms with E-state index in [1.165, 1.54) is 24.3 Å². The van der Waals surface area contributed by atoms with Crippen molar-refractivity contribution in [3.05, 3.63) is 34.4 Å². The largest absolute Gasteiger partial charge is 0.424 e. The van der Waals surface area contributed by atoms with Crippen LogP contribution in [0.3, 0.4) is 0 Å². The lowest BCUT2D eigenvalue weighted by atomic mass is 10.3. The summed E-state index contributed by atoms with van der Waals surface area (Å²) in [5.74, 6) is 0.301. The Morgan fingerprint density at radius 1 is 1.37 bits per heavy atom. The zero-order valence-electron chi connectivity index (χ0n) is 10.5. The van der Waals surface area contributed by atoms with E-state index in [1.807, 2.05) is 0 Å². The summed E-state index contributed by atoms with van der Waals surface area (Å²) >= 11 is 3.25. The number of alkyl halides is 1. The average molecular weight is 352 g/mol. The van der Waals surface area contributed by atoms with Gasteiger partial charge in [0.05, 0.1) is 17.7 Å². The molecule has 6 nitrogen and oxygen atoms in total. The third-order valence-electron chi connectivity index (χ3n) is 2.25. The minimum Gasteiger partial charge on any atom is -0.424 e. The van der Waals surface area contributed by atoms with Crippen molar-refractivity contribution in [3.8, 4) is 5.75 Å². The summed E-state index contributed by atoms with van der Waals surface area (Å²) in [6.07, 6.45) is 0.972. The predicted octanol–water partition coefficient (Wildman–Crippen LogP) is 3.99. The van der Waals surface area contributed by atoms with Crippen LogP contribution >= 0.6 is 23.5 Å². The maximum atomic E-state index is 12.3. The normalized spacial score (nSPS) is 13.8. The van der Waals surface area contributed by atoms with Crippen molar-refractivity contribution in [1.82, 2.24) is 0 Å². The van der Waals surface area contributed by atoms with Gasteiger partial charge in [-0.15, -0.1) is 0 Å². The van der Waals surface area contributed by atoms with Crippen LogP contribution in [-0.2, 0) is 9.09 Å². The number of nitro benzene ring substituents is 1. The molecule has 0 amide bonds. The molecule has 0 spiro atoms. The molecule has 0 aliphatic heterocycles. The molecule has 19 heavy (non-hydrogen) atoms. The van der Waals surface area contributed by atoms with Crippen LogP contribution in [0.2, 0.25) is 0 Å². The zero-order valence-corrected chi connectivity index (χ0v) is 12.9. The number of hydrogen-bond acceptors (Lipinski definition) is 5. The molecule has 1 aromatic rings. The molecule has 0 fully saturated rings. The summed E-state index contributed by atoms with van der Waals surface area (Å²) in [4.78, 5) is 10.0. The fourth-order valence-corrected chi connectivity index (χ4v) is 2.67. The molecule has 0 bridgehead atoms. The Bertz CT molecular complexity index is 465. The smallest absolute Gasteiger partial charge is 0.378 e. The SMILES string of the molecule is CCP(=O)(OCCCBr)Oc1ccc([N+](=O)[O-])cc1. The van der Waals surface area contributed by atoms with E-state index in [9.17, 15) is 14.7 Å². The molecule has 0 aromatic heterocycles. The van der Waals surface area contributed by atoms with Crippen LogP contribution in [0.1, 0.15) is 13.3 Å². The summed E-state index contributed by atoms with van der Waals surface area (Å²) < 4.78 is 22.8. The highest BCUT2D eigenvalue weighted by Crippen LogP contribution is 2.48. The molecule has 0 heterocycles. The van der Waals surface area contributed by atoms with E-state index in [4.69, 9.17) is 9.05 Å². The maximum Gasteiger partial charge on any atom is 0.378 e. The van der Waals surface area contributed by atoms with Gasteiger partial charge in [0.25, 0.3) is 5.69 Å². The lowest BCUT2D eigenvalue weighted by Gasteiger charge is -2.17. The molecule has 0 radical (unpaired) electrons. The minimum atomic E-state index is -3.18. The number of rotatable bonds is 8. The van der Waals surface area contributed by atoms with Gasteiger partial charge in [0.15, 0.2) is 0 Å². The fraction of sp³-hybridized carbons (Fsp3) is 0.455. The van der Waals surface area contributed by atoms with Gasteiger partial charge in [-0.3, -0.25) is 14.6 Å². The molecule has 1 aromatic carbocycles. The second-order valence-electron chi connectivity index (χ2n) is 3.65. The first-order chi connectivity index (χ1) is 9.00. The summed E-state index contributed by atoms with van der Waals surface area (Å²) in [6, 6.07) is 5.42. The average Bonchev–Trinajstić information content (AvgIpc) is 2.39. The van der Waals surface area contributed by atoms with E-state index in [1.54, 1.807) is 6.92 Å². The number of halogens is 1. The maximum absolute atomic E-state index is 12.3. The summed E-state index contributed by atoms with van der Waals surface area (Å²) in [7, 11) is -3.18. The van der Waals surface area contributed by atoms with E-state index in [-0.39, 0.29) is 11.8 Å². The minimum absolute atomic E-state index is 0.0427. The Morgan fingerprint density at radius 2 is 2.00 bits per heavy atom. The molecule has 1 unspecified atom stereocenters. The number of benzene rings is 1. The van der Waals surface area contributed by atoms with Gasteiger partial charge in [-0.1, -0.05) is 22.9 Å². The summed E-state index contributed by atoms with van der Waals surface area (Å²) in [5, 5.41) is 11.3. The van der Waals surface area contributed by atoms with Crippen molar-refractivity contribution in [2.45, 2.75) is 13.3 Å². The van der Waals surface area contributed by atoms with Gasteiger partial charge in [0, 0.05) is 17.5 Å². The van der Waals surface area contributed by atoms with Gasteiger partial charge in [0.1, 0.15) is 5.75 Å². The van der Waals surface area contributed by atoms with Gasteiger partial charge in [0.2, 0.25) is 0 Å². The van der Waals surface area contributed by atoms with Crippen molar-refractivity contribution in [3.63, 3.8) is 0 Å². The second kappa shape index (κ2) is 7.62. The van der Waals surface area contributed by atoms with Gasteiger partial charge in [-0.2, -0.15) is 0 Å². The molecule has 0 aliphatic rings. The van der Waals surface area contributed by atoms with Gasteiger partial charge < -0.3 is 4.52 Å². The summed E-state index contributed by atoms with van der Waals surface area (Å²) in [5.41, 5.74) is -0.0427. The van der Waals surface area contributed by atoms with Crippen LogP contribution in [0.15, 0.2) is 24.3 Å². The number of nitrogens with zero attached hydrogens (tertiary/aromatic N) is 1. The Balaban J connectivity index is 2.69. The lowest BCUT2D eigenvalue weighted by molar-refractivity contribution is -0.384. The number of hydrogen-bond donors (Lipinski definition) is 0. The highest BCUT2D eigenvalue weighted by Gasteiger charge is 2.23. The van der Waals surface area contributed by atoms with E-state index < -0.39 is 12.5 Å². The molecule has 8 heteroatoms. The number of non-ortho nitro benzene ring substituents is 1. The van der Waals surface area contributed by atoms with Crippen molar-refractivity contribution >= 4 is 29.2 Å². The molecule has 0 saturated heterocycles. The number of nitro groups is 1. The zero-order chi connectivity index (χ0) is 14.3. The van der Waals surface area contributed by atoms with Crippen molar-refractivity contribution in [2.24, 2.45) is 0 Å². The van der Waals surface area contributed by atoms with Crippen molar-refractivity contribution in [1.29, 1.82) is 0 Å². The fourth-order valence-electron chi connectivity index (χ4n) is 1.23. The molecule has 0 N–H and O–H groups in total. The molecule has 0 saturated carbocycles. The molecular weight excluding hydrogens is 337 g/mol. The van der Waals surface area contributed by atoms with Crippen LogP contribution in [0, 0.1) is 10.1 Å². The van der Waals surface area contributed by atoms with Crippen LogP contribution < -0.4 is 4.52 Å². The molecule has 1 atom stereocenters. The van der Waals surface area contributed by atoms with Crippen LogP contribution in [0.4, 0.5) is 5.69 Å². The highest BCUT2D eigenvalue weighted by molar-refractivity contribution is 9.09. The first-order valence-corrected chi connectivity index (χ1v) is 8.59. The highest BCUT2D eigenvalue weighted by atomic mass is 79.9. The molecule has 106 valence electrons. The van der Waals surface area contributed by atoms with E-state index >= 15 is 0 Å². The third-order valence-corrected chi connectivity index (χ3v) is 4.65. The lowest BCUT2D eigenvalue weighted by Crippen LogP contribution is -2.02. The third kappa shape index (κ3) is 5.30. The van der Waals surface area contributed by atoms with Crippen LogP contribution in [0.5, 0.6) is 5.75 Å². The van der Waals surface area contributed by atoms with Crippen LogP contribution in [0.25, 0.3) is 0 Å². The Morgan fingerprint density at radius 3 is 2.47 bits per heavy atom. The van der Waals surface area contributed by atoms with E-state index in [2.05, 4.69) is 15.9 Å². The molecular formula is C11H15BrNO5P. The Labute approximate surface area is 119 Å². The first-order valence-electron chi connectivity index (χ1n) is 5.74. The van der Waals surface area contributed by atoms with Crippen LogP contribution in [-0.4, -0.2) is 23.0 Å². The van der Waals surface area contributed by atoms with E-state index in [0.29, 0.717) is 12.4 Å². The van der Waals surface area contributed by atoms with Gasteiger partial charge in [-0.25, -0.2) is 4.57 Å². The van der Waals surface area contributed by atoms with Crippen molar-refractivity contribution < 1.29 is 18.5 Å². The van der Waals surface area contributed by atoms with E-state index in [0.717, 1.165) is 11.8 Å².